The van der Waals surface area contributed by atoms with E-state index in [0.717, 1.165) is 33.3 Å². The van der Waals surface area contributed by atoms with E-state index in [2.05, 4.69) is 27.6 Å². The zero-order valence-electron chi connectivity index (χ0n) is 12.2. The lowest BCUT2D eigenvalue weighted by atomic mass is 10.1. The van der Waals surface area contributed by atoms with Gasteiger partial charge in [-0.05, 0) is 56.5 Å². The van der Waals surface area contributed by atoms with Crippen LogP contribution in [0.2, 0.25) is 0 Å². The van der Waals surface area contributed by atoms with Crippen LogP contribution in [0, 0.1) is 20.8 Å². The zero-order chi connectivity index (χ0) is 14.5. The van der Waals surface area contributed by atoms with Crippen molar-refractivity contribution in [3.05, 3.63) is 39.9 Å². The van der Waals surface area contributed by atoms with Crippen LogP contribution < -0.4 is 10.2 Å². The maximum Gasteiger partial charge on any atom is 0.203 e. The van der Waals surface area contributed by atoms with Crippen LogP contribution in [0.25, 0.3) is 0 Å². The van der Waals surface area contributed by atoms with Crippen molar-refractivity contribution in [3.63, 3.8) is 0 Å². The molecule has 1 N–H and O–H groups in total. The number of nitrogens with one attached hydrogen (secondary N) is 1. The maximum atomic E-state index is 5.63. The largest absolute Gasteiger partial charge is 0.493 e. The van der Waals surface area contributed by atoms with Gasteiger partial charge in [0.2, 0.25) is 5.13 Å². The van der Waals surface area contributed by atoms with Crippen LogP contribution in [-0.4, -0.2) is 17.8 Å². The molecule has 0 aliphatic heterocycles. The minimum absolute atomic E-state index is 0.681. The van der Waals surface area contributed by atoms with Crippen molar-refractivity contribution in [2.45, 2.75) is 27.7 Å². The van der Waals surface area contributed by atoms with Crippen LogP contribution in [0.15, 0.2) is 22.6 Å². The third kappa shape index (κ3) is 3.57. The van der Waals surface area contributed by atoms with E-state index >= 15 is 0 Å². The lowest BCUT2D eigenvalue weighted by molar-refractivity contribution is 0.335. The summed E-state index contributed by atoms with van der Waals surface area (Å²) in [6.45, 7) is 8.73. The first-order valence-corrected chi connectivity index (χ1v) is 7.43. The molecule has 0 bridgehead atoms. The Hall–Kier alpha value is -1.88. The molecule has 1 aromatic heterocycles. The first kappa shape index (κ1) is 14.5. The molecule has 4 nitrogen and oxygen atoms in total. The Morgan fingerprint density at radius 2 is 2.00 bits per heavy atom. The van der Waals surface area contributed by atoms with Gasteiger partial charge in [-0.2, -0.15) is 5.10 Å². The Kier molecular flexibility index (Phi) is 4.74. The number of rotatable bonds is 5. The number of ether oxygens (including phenoxy) is 1. The highest BCUT2D eigenvalue weighted by molar-refractivity contribution is 7.13. The Labute approximate surface area is 123 Å². The average Bonchev–Trinajstić information content (AvgIpc) is 2.80. The molecule has 0 aliphatic rings. The summed E-state index contributed by atoms with van der Waals surface area (Å²) in [6.07, 6.45) is 1.80. The maximum absolute atomic E-state index is 5.63. The van der Waals surface area contributed by atoms with Gasteiger partial charge in [-0.25, -0.2) is 4.98 Å². The van der Waals surface area contributed by atoms with Gasteiger partial charge >= 0.3 is 0 Å². The van der Waals surface area contributed by atoms with E-state index in [-0.39, 0.29) is 0 Å². The van der Waals surface area contributed by atoms with Gasteiger partial charge in [0.1, 0.15) is 5.75 Å². The number of benzene rings is 1. The molecule has 5 heteroatoms. The summed E-state index contributed by atoms with van der Waals surface area (Å²) in [7, 11) is 0. The number of anilines is 1. The normalized spacial score (nSPS) is 11.0. The number of hydrazone groups is 1. The standard InChI is InChI=1S/C15H19N3OS/c1-5-19-14-10(2)6-13(7-11(14)3)8-16-18-15-17-12(4)9-20-15/h6-9H,5H2,1-4H3,(H,17,18). The van der Waals surface area contributed by atoms with Crippen LogP contribution in [0.3, 0.4) is 0 Å². The summed E-state index contributed by atoms with van der Waals surface area (Å²) in [5, 5.41) is 7.01. The first-order chi connectivity index (χ1) is 9.60. The van der Waals surface area contributed by atoms with E-state index in [1.807, 2.05) is 33.1 Å². The third-order valence-electron chi connectivity index (χ3n) is 2.76. The fourth-order valence-electron chi connectivity index (χ4n) is 2.00. The summed E-state index contributed by atoms with van der Waals surface area (Å²) in [5.74, 6) is 0.966. The third-order valence-corrected chi connectivity index (χ3v) is 3.63. The lowest BCUT2D eigenvalue weighted by Gasteiger charge is -2.11. The predicted octanol–water partition coefficient (Wildman–Crippen LogP) is 3.91. The van der Waals surface area contributed by atoms with Crippen LogP contribution in [0.1, 0.15) is 29.3 Å². The van der Waals surface area contributed by atoms with Gasteiger partial charge in [0.25, 0.3) is 0 Å². The quantitative estimate of drug-likeness (QED) is 0.670. The van der Waals surface area contributed by atoms with Gasteiger partial charge in [-0.15, -0.1) is 11.3 Å². The summed E-state index contributed by atoms with van der Waals surface area (Å²) in [6, 6.07) is 4.13. The van der Waals surface area contributed by atoms with Gasteiger partial charge in [0, 0.05) is 5.38 Å². The van der Waals surface area contributed by atoms with Crippen LogP contribution in [0.4, 0.5) is 5.13 Å². The van der Waals surface area contributed by atoms with Crippen LogP contribution in [-0.2, 0) is 0 Å². The topological polar surface area (TPSA) is 46.5 Å². The monoisotopic (exact) mass is 289 g/mol. The molecule has 1 aromatic carbocycles. The Balaban J connectivity index is 2.09. The molecule has 0 spiro atoms. The smallest absolute Gasteiger partial charge is 0.203 e. The average molecular weight is 289 g/mol. The number of hydrogen-bond donors (Lipinski definition) is 1. The van der Waals surface area contributed by atoms with Crippen molar-refractivity contribution in [2.75, 3.05) is 12.0 Å². The first-order valence-electron chi connectivity index (χ1n) is 6.55. The Bertz CT molecular complexity index is 596. The Morgan fingerprint density at radius 3 is 2.55 bits per heavy atom. The van der Waals surface area contributed by atoms with E-state index in [0.29, 0.717) is 6.61 Å². The van der Waals surface area contributed by atoms with E-state index in [1.54, 1.807) is 17.6 Å². The van der Waals surface area contributed by atoms with E-state index in [9.17, 15) is 0 Å². The zero-order valence-corrected chi connectivity index (χ0v) is 13.0. The van der Waals surface area contributed by atoms with Crippen molar-refractivity contribution in [1.82, 2.24) is 4.98 Å². The minimum atomic E-state index is 0.681. The summed E-state index contributed by atoms with van der Waals surface area (Å²) >= 11 is 1.54. The fourth-order valence-corrected chi connectivity index (χ4v) is 2.63. The molecule has 20 heavy (non-hydrogen) atoms. The van der Waals surface area contributed by atoms with Crippen LogP contribution in [0.5, 0.6) is 5.75 Å². The second-order valence-electron chi connectivity index (χ2n) is 4.58. The molecule has 0 fully saturated rings. The molecule has 0 saturated heterocycles. The highest BCUT2D eigenvalue weighted by Crippen LogP contribution is 2.24. The van der Waals surface area contributed by atoms with Gasteiger partial charge in [0.15, 0.2) is 0 Å². The molecule has 0 radical (unpaired) electrons. The molecule has 2 rings (SSSR count). The Morgan fingerprint density at radius 1 is 1.30 bits per heavy atom. The van der Waals surface area contributed by atoms with Gasteiger partial charge in [-0.3, -0.25) is 5.43 Å². The van der Waals surface area contributed by atoms with Crippen molar-refractivity contribution in [2.24, 2.45) is 5.10 Å². The van der Waals surface area contributed by atoms with Crippen molar-refractivity contribution >= 4 is 22.7 Å². The molecule has 0 amide bonds. The van der Waals surface area contributed by atoms with Crippen molar-refractivity contribution in [1.29, 1.82) is 0 Å². The number of aromatic nitrogens is 1. The molecule has 0 unspecified atom stereocenters. The second kappa shape index (κ2) is 6.52. The number of aryl methyl sites for hydroxylation is 3. The molecule has 0 atom stereocenters. The molecular formula is C15H19N3OS. The fraction of sp³-hybridized carbons (Fsp3) is 0.333. The summed E-state index contributed by atoms with van der Waals surface area (Å²) in [5.41, 5.74) is 7.23. The highest BCUT2D eigenvalue weighted by Gasteiger charge is 2.04. The van der Waals surface area contributed by atoms with Gasteiger partial charge < -0.3 is 4.74 Å². The van der Waals surface area contributed by atoms with E-state index in [4.69, 9.17) is 4.74 Å². The number of hydrogen-bond acceptors (Lipinski definition) is 5. The highest BCUT2D eigenvalue weighted by atomic mass is 32.1. The number of thiazole rings is 1. The summed E-state index contributed by atoms with van der Waals surface area (Å²) < 4.78 is 5.63. The molecule has 0 saturated carbocycles. The lowest BCUT2D eigenvalue weighted by Crippen LogP contribution is -1.98. The van der Waals surface area contributed by atoms with Crippen molar-refractivity contribution in [3.8, 4) is 5.75 Å². The van der Waals surface area contributed by atoms with Gasteiger partial charge in [-0.1, -0.05) is 0 Å². The molecule has 2 aromatic rings. The van der Waals surface area contributed by atoms with E-state index in [1.165, 1.54) is 0 Å². The minimum Gasteiger partial charge on any atom is -0.493 e. The molecular weight excluding hydrogens is 270 g/mol. The SMILES string of the molecule is CCOc1c(C)cc(C=NNc2nc(C)cs2)cc1C. The van der Waals surface area contributed by atoms with Crippen LogP contribution >= 0.6 is 11.3 Å². The molecule has 106 valence electrons. The molecule has 0 aliphatic carbocycles. The second-order valence-corrected chi connectivity index (χ2v) is 5.44. The summed E-state index contributed by atoms with van der Waals surface area (Å²) in [4.78, 5) is 4.29. The van der Waals surface area contributed by atoms with Crippen molar-refractivity contribution < 1.29 is 4.74 Å². The van der Waals surface area contributed by atoms with Gasteiger partial charge in [0.05, 0.1) is 18.5 Å². The van der Waals surface area contributed by atoms with E-state index < -0.39 is 0 Å². The number of nitrogens with zero attached hydrogens (tertiary/aromatic N) is 2. The molecule has 1 heterocycles. The predicted molar refractivity (Wildman–Crippen MR) is 85.2 cm³/mol.